The fourth-order valence-electron chi connectivity index (χ4n) is 4.67. The van der Waals surface area contributed by atoms with E-state index in [9.17, 15) is 14.0 Å². The van der Waals surface area contributed by atoms with Crippen molar-refractivity contribution in [1.82, 2.24) is 15.1 Å². The lowest BCUT2D eigenvalue weighted by Crippen LogP contribution is -2.55. The van der Waals surface area contributed by atoms with Crippen LogP contribution in [-0.4, -0.2) is 34.2 Å². The highest BCUT2D eigenvalue weighted by Crippen LogP contribution is 2.42. The molecule has 2 aromatic carbocycles. The molecule has 2 amide bonds. The van der Waals surface area contributed by atoms with Crippen molar-refractivity contribution in [2.24, 2.45) is 0 Å². The average molecular weight is 517 g/mol. The molecule has 0 fully saturated rings. The SMILES string of the molecule is CCCn1nc(C)c2c1N(CC)C(=O)[C@@H](NC(=O)c1cccc(C)c1)[C@H]2c1ccc(F)cc1.S.S. The third kappa shape index (κ3) is 5.41. The topological polar surface area (TPSA) is 67.2 Å². The number of rotatable bonds is 6. The maximum Gasteiger partial charge on any atom is 0.251 e. The van der Waals surface area contributed by atoms with Gasteiger partial charge < -0.3 is 5.32 Å². The van der Waals surface area contributed by atoms with Crippen LogP contribution >= 0.6 is 27.0 Å². The van der Waals surface area contributed by atoms with Crippen LogP contribution in [0.4, 0.5) is 10.2 Å². The number of benzene rings is 2. The Balaban J connectivity index is 0.00000216. The van der Waals surface area contributed by atoms with Crippen LogP contribution in [0.2, 0.25) is 0 Å². The molecule has 3 aromatic rings. The zero-order chi connectivity index (χ0) is 23.7. The molecule has 0 saturated carbocycles. The average Bonchev–Trinajstić information content (AvgIpc) is 3.11. The van der Waals surface area contributed by atoms with Gasteiger partial charge in [-0.05, 0) is 57.0 Å². The highest BCUT2D eigenvalue weighted by molar-refractivity contribution is 7.59. The van der Waals surface area contributed by atoms with Gasteiger partial charge in [-0.2, -0.15) is 32.1 Å². The molecule has 0 unspecified atom stereocenters. The molecule has 4 rings (SSSR count). The number of aryl methyl sites for hydroxylation is 3. The van der Waals surface area contributed by atoms with E-state index in [2.05, 4.69) is 12.2 Å². The van der Waals surface area contributed by atoms with E-state index in [1.165, 1.54) is 12.1 Å². The van der Waals surface area contributed by atoms with E-state index in [1.54, 1.807) is 29.2 Å². The predicted octanol–water partition coefficient (Wildman–Crippen LogP) is 4.57. The molecule has 0 radical (unpaired) electrons. The van der Waals surface area contributed by atoms with E-state index in [4.69, 9.17) is 5.10 Å². The van der Waals surface area contributed by atoms with Gasteiger partial charge in [-0.15, -0.1) is 0 Å². The quantitative estimate of drug-likeness (QED) is 0.522. The molecule has 1 aliphatic heterocycles. The Kier molecular flexibility index (Phi) is 9.57. The van der Waals surface area contributed by atoms with Crippen LogP contribution in [0.1, 0.15) is 58.9 Å². The van der Waals surface area contributed by atoms with E-state index >= 15 is 0 Å². The summed E-state index contributed by atoms with van der Waals surface area (Å²) in [6, 6.07) is 12.6. The number of anilines is 1. The number of fused-ring (bicyclic) bond motifs is 1. The number of likely N-dealkylation sites (N-methyl/N-ethyl adjacent to an activating group) is 1. The summed E-state index contributed by atoms with van der Waals surface area (Å²) in [5, 5.41) is 7.72. The largest absolute Gasteiger partial charge is 0.339 e. The second-order valence-corrected chi connectivity index (χ2v) is 8.48. The minimum Gasteiger partial charge on any atom is -0.339 e. The zero-order valence-corrected chi connectivity index (χ0v) is 22.4. The summed E-state index contributed by atoms with van der Waals surface area (Å²) in [5.74, 6) is -0.581. The fourth-order valence-corrected chi connectivity index (χ4v) is 4.67. The first-order valence-electron chi connectivity index (χ1n) is 11.4. The zero-order valence-electron chi connectivity index (χ0n) is 20.4. The summed E-state index contributed by atoms with van der Waals surface area (Å²) in [5.41, 5.74) is 3.91. The van der Waals surface area contributed by atoms with Crippen molar-refractivity contribution in [2.45, 2.75) is 52.6 Å². The summed E-state index contributed by atoms with van der Waals surface area (Å²) in [4.78, 5) is 28.6. The minimum atomic E-state index is -0.839. The molecule has 0 bridgehead atoms. The number of hydrogen-bond donors (Lipinski definition) is 1. The van der Waals surface area contributed by atoms with Crippen molar-refractivity contribution < 1.29 is 14.0 Å². The Labute approximate surface area is 219 Å². The van der Waals surface area contributed by atoms with E-state index in [0.717, 1.165) is 34.6 Å². The van der Waals surface area contributed by atoms with Gasteiger partial charge in [0.25, 0.3) is 11.8 Å². The third-order valence-corrected chi connectivity index (χ3v) is 6.13. The molecule has 0 saturated heterocycles. The van der Waals surface area contributed by atoms with Gasteiger partial charge in [0.2, 0.25) is 0 Å². The first-order valence-corrected chi connectivity index (χ1v) is 11.4. The lowest BCUT2D eigenvalue weighted by Gasteiger charge is -2.38. The molecule has 1 N–H and O–H groups in total. The molecule has 0 aliphatic carbocycles. The van der Waals surface area contributed by atoms with Crippen molar-refractivity contribution in [2.75, 3.05) is 11.4 Å². The highest BCUT2D eigenvalue weighted by atomic mass is 32.1. The molecule has 2 atom stereocenters. The summed E-state index contributed by atoms with van der Waals surface area (Å²) < 4.78 is 15.6. The van der Waals surface area contributed by atoms with Gasteiger partial charge in [-0.25, -0.2) is 9.07 Å². The van der Waals surface area contributed by atoms with Gasteiger partial charge in [0.1, 0.15) is 17.7 Å². The van der Waals surface area contributed by atoms with Gasteiger partial charge in [0, 0.05) is 30.1 Å². The number of nitrogens with zero attached hydrogens (tertiary/aromatic N) is 3. The molecular formula is C26H33FN4O2S2. The normalized spacial score (nSPS) is 16.7. The molecule has 188 valence electrons. The highest BCUT2D eigenvalue weighted by Gasteiger charge is 2.45. The molecule has 1 aromatic heterocycles. The first kappa shape index (κ1) is 28.5. The van der Waals surface area contributed by atoms with Gasteiger partial charge >= 0.3 is 0 Å². The van der Waals surface area contributed by atoms with Crippen LogP contribution in [0.3, 0.4) is 0 Å². The van der Waals surface area contributed by atoms with Crippen LogP contribution in [-0.2, 0) is 11.3 Å². The predicted molar refractivity (Wildman–Crippen MR) is 147 cm³/mol. The van der Waals surface area contributed by atoms with Crippen LogP contribution < -0.4 is 10.2 Å². The van der Waals surface area contributed by atoms with Crippen molar-refractivity contribution >= 4 is 44.6 Å². The van der Waals surface area contributed by atoms with E-state index < -0.39 is 12.0 Å². The Morgan fingerprint density at radius 2 is 1.77 bits per heavy atom. The number of carbonyl (C=O) groups is 2. The molecule has 1 aliphatic rings. The second-order valence-electron chi connectivity index (χ2n) is 8.48. The lowest BCUT2D eigenvalue weighted by molar-refractivity contribution is -0.121. The van der Waals surface area contributed by atoms with E-state index in [-0.39, 0.29) is 44.6 Å². The Hall–Kier alpha value is -2.78. The molecular weight excluding hydrogens is 483 g/mol. The standard InChI is InChI=1S/C26H29FN4O2.2H2S/c1-5-14-31-25-21(17(4)29-31)22(18-10-12-20(27)13-11-18)23(26(33)30(25)6-2)28-24(32)19-9-7-8-16(3)15-19;;/h7-13,15,22-23H,5-6,14H2,1-4H3,(H,28,32);2*1H2/t22-,23-;;/m0../s1. The summed E-state index contributed by atoms with van der Waals surface area (Å²) in [6.45, 7) is 8.94. The molecule has 35 heavy (non-hydrogen) atoms. The van der Waals surface area contributed by atoms with Crippen LogP contribution in [0.5, 0.6) is 0 Å². The smallest absolute Gasteiger partial charge is 0.251 e. The van der Waals surface area contributed by atoms with Crippen molar-refractivity contribution in [1.29, 1.82) is 0 Å². The number of aromatic nitrogens is 2. The van der Waals surface area contributed by atoms with Crippen LogP contribution in [0.15, 0.2) is 48.5 Å². The van der Waals surface area contributed by atoms with Crippen molar-refractivity contribution in [3.8, 4) is 0 Å². The number of nitrogens with one attached hydrogen (secondary N) is 1. The van der Waals surface area contributed by atoms with Crippen LogP contribution in [0.25, 0.3) is 0 Å². The van der Waals surface area contributed by atoms with Gasteiger partial charge in [0.05, 0.1) is 5.69 Å². The number of carbonyl (C=O) groups excluding carboxylic acids is 2. The maximum atomic E-state index is 13.8. The van der Waals surface area contributed by atoms with Gasteiger partial charge in [0.15, 0.2) is 0 Å². The maximum absolute atomic E-state index is 13.8. The summed E-state index contributed by atoms with van der Waals surface area (Å²) in [6.07, 6.45) is 0.869. The minimum absolute atomic E-state index is 0. The van der Waals surface area contributed by atoms with Crippen molar-refractivity contribution in [3.05, 3.63) is 82.3 Å². The molecule has 9 heteroatoms. The van der Waals surface area contributed by atoms with E-state index in [0.29, 0.717) is 18.7 Å². The molecule has 6 nitrogen and oxygen atoms in total. The summed E-state index contributed by atoms with van der Waals surface area (Å²) in [7, 11) is 0. The summed E-state index contributed by atoms with van der Waals surface area (Å²) >= 11 is 0. The Morgan fingerprint density at radius 3 is 2.37 bits per heavy atom. The molecule has 2 heterocycles. The number of amides is 2. The third-order valence-electron chi connectivity index (χ3n) is 6.13. The molecule has 0 spiro atoms. The van der Waals surface area contributed by atoms with Crippen molar-refractivity contribution in [3.63, 3.8) is 0 Å². The second kappa shape index (κ2) is 11.8. The Bertz CT molecular complexity index is 1200. The van der Waals surface area contributed by atoms with Gasteiger partial charge in [-0.3, -0.25) is 14.5 Å². The van der Waals surface area contributed by atoms with Crippen LogP contribution in [0, 0.1) is 19.7 Å². The number of halogens is 1. The lowest BCUT2D eigenvalue weighted by atomic mass is 9.81. The Morgan fingerprint density at radius 1 is 1.09 bits per heavy atom. The fraction of sp³-hybridized carbons (Fsp3) is 0.346. The van der Waals surface area contributed by atoms with E-state index in [1.807, 2.05) is 37.6 Å². The van der Waals surface area contributed by atoms with Gasteiger partial charge in [-0.1, -0.05) is 36.8 Å². The number of hydrogen-bond acceptors (Lipinski definition) is 3. The first-order chi connectivity index (χ1) is 15.8. The monoisotopic (exact) mass is 516 g/mol.